The monoisotopic (exact) mass is 460 g/mol. The number of H-pyrrole nitrogens is 1. The number of hydrogen-bond acceptors (Lipinski definition) is 7. The number of rotatable bonds is 3. The Kier molecular flexibility index (Phi) is 5.35. The molecule has 8 nitrogen and oxygen atoms in total. The van der Waals surface area contributed by atoms with Gasteiger partial charge in [0.25, 0.3) is 0 Å². The number of ether oxygens (including phenoxy) is 1. The number of nitrogens with zero attached hydrogens (tertiary/aromatic N) is 5. The van der Waals surface area contributed by atoms with Gasteiger partial charge in [-0.1, -0.05) is 11.6 Å². The molecule has 0 radical (unpaired) electrons. The summed E-state index contributed by atoms with van der Waals surface area (Å²) in [5, 5.41) is 1.07. The fourth-order valence-electron chi connectivity index (χ4n) is 4.50. The van der Waals surface area contributed by atoms with Crippen molar-refractivity contribution < 1.29 is 8.95 Å². The molecule has 0 bridgehead atoms. The molecule has 2 aliphatic heterocycles. The number of fused-ring (bicyclic) bond motifs is 1. The van der Waals surface area contributed by atoms with E-state index in [4.69, 9.17) is 26.3 Å². The van der Waals surface area contributed by atoms with Gasteiger partial charge in [-0.15, -0.1) is 0 Å². The number of aromatic nitrogens is 4. The van der Waals surface area contributed by atoms with Crippen molar-refractivity contribution in [1.29, 1.82) is 0 Å². The number of hydrogen-bond donors (Lipinski definition) is 1. The van der Waals surface area contributed by atoms with Gasteiger partial charge in [-0.2, -0.15) is 0 Å². The highest BCUT2D eigenvalue weighted by Gasteiger charge is 2.33. The van der Waals surface area contributed by atoms with Gasteiger partial charge in [-0.05, 0) is 31.9 Å². The van der Waals surface area contributed by atoms with Crippen LogP contribution >= 0.6 is 11.6 Å². The van der Waals surface area contributed by atoms with Crippen LogP contribution in [0.4, 0.5) is 5.82 Å². The van der Waals surface area contributed by atoms with Crippen molar-refractivity contribution in [3.8, 4) is 11.4 Å². The number of anilines is 1. The first-order valence-corrected chi connectivity index (χ1v) is 12.6. The molecule has 3 atom stereocenters. The van der Waals surface area contributed by atoms with Gasteiger partial charge in [0.1, 0.15) is 16.6 Å². The molecule has 0 aliphatic carbocycles. The van der Waals surface area contributed by atoms with E-state index in [2.05, 4.69) is 26.2 Å². The molecule has 2 fully saturated rings. The van der Waals surface area contributed by atoms with Gasteiger partial charge in [0.05, 0.1) is 39.9 Å². The maximum atomic E-state index is 13.4. The Labute approximate surface area is 186 Å². The average molecular weight is 461 g/mol. The molecule has 0 aromatic carbocycles. The topological polar surface area (TPSA) is 96.4 Å². The van der Waals surface area contributed by atoms with Crippen LogP contribution in [0, 0.1) is 0 Å². The Morgan fingerprint density at radius 3 is 3.00 bits per heavy atom. The summed E-state index contributed by atoms with van der Waals surface area (Å²) in [6.07, 6.45) is 3.51. The molecule has 0 spiro atoms. The molecular weight excluding hydrogens is 436 g/mol. The molecule has 0 amide bonds. The van der Waals surface area contributed by atoms with E-state index in [0.717, 1.165) is 41.8 Å². The standard InChI is InChI=1S/C21H25ClN6O2S/c1-13-12-30-8-7-28(13)19-11-16(17-4-3-9-31(17,29)23-2)25-21(27-19)15-10-18(22)26-20-14(15)5-6-24-20/h5-6,10-11,13,17H,3-4,7-9,12H2,1-2H3,(H,24,26)/t13-,17-,31?/m1/s1. The molecule has 31 heavy (non-hydrogen) atoms. The highest BCUT2D eigenvalue weighted by Crippen LogP contribution is 2.38. The lowest BCUT2D eigenvalue weighted by Crippen LogP contribution is -2.44. The summed E-state index contributed by atoms with van der Waals surface area (Å²) in [7, 11) is -0.686. The zero-order valence-electron chi connectivity index (χ0n) is 17.5. The van der Waals surface area contributed by atoms with Crippen LogP contribution in [-0.4, -0.2) is 62.7 Å². The highest BCUT2D eigenvalue weighted by molar-refractivity contribution is 7.94. The van der Waals surface area contributed by atoms with E-state index in [1.807, 2.05) is 18.3 Å². The van der Waals surface area contributed by atoms with Crippen LogP contribution < -0.4 is 4.90 Å². The van der Waals surface area contributed by atoms with E-state index in [0.29, 0.717) is 35.6 Å². The number of aromatic amines is 1. The van der Waals surface area contributed by atoms with Crippen molar-refractivity contribution >= 4 is 38.2 Å². The van der Waals surface area contributed by atoms with E-state index < -0.39 is 9.73 Å². The number of nitrogens with one attached hydrogen (secondary N) is 1. The first kappa shape index (κ1) is 20.7. The Bertz CT molecular complexity index is 1250. The molecule has 5 heterocycles. The van der Waals surface area contributed by atoms with Crippen LogP contribution in [-0.2, 0) is 14.5 Å². The van der Waals surface area contributed by atoms with Crippen LogP contribution in [0.25, 0.3) is 22.4 Å². The molecule has 1 N–H and O–H groups in total. The summed E-state index contributed by atoms with van der Waals surface area (Å²) < 4.78 is 23.3. The zero-order valence-corrected chi connectivity index (χ0v) is 19.1. The van der Waals surface area contributed by atoms with E-state index in [1.54, 1.807) is 13.1 Å². The van der Waals surface area contributed by atoms with E-state index in [9.17, 15) is 4.21 Å². The minimum atomic E-state index is -2.34. The molecule has 0 saturated carbocycles. The van der Waals surface area contributed by atoms with Crippen molar-refractivity contribution in [3.05, 3.63) is 35.2 Å². The van der Waals surface area contributed by atoms with Crippen molar-refractivity contribution in [1.82, 2.24) is 19.9 Å². The van der Waals surface area contributed by atoms with Gasteiger partial charge >= 0.3 is 0 Å². The second kappa shape index (κ2) is 8.03. The smallest absolute Gasteiger partial charge is 0.162 e. The first-order valence-electron chi connectivity index (χ1n) is 10.5. The maximum Gasteiger partial charge on any atom is 0.162 e. The molecule has 3 aromatic heterocycles. The van der Waals surface area contributed by atoms with E-state index >= 15 is 0 Å². The predicted octanol–water partition coefficient (Wildman–Crippen LogP) is 3.83. The van der Waals surface area contributed by atoms with Crippen LogP contribution in [0.2, 0.25) is 5.15 Å². The minimum Gasteiger partial charge on any atom is -0.377 e. The Morgan fingerprint density at radius 2 is 2.19 bits per heavy atom. The molecule has 10 heteroatoms. The fraction of sp³-hybridized carbons (Fsp3) is 0.476. The summed E-state index contributed by atoms with van der Waals surface area (Å²) in [5.41, 5.74) is 2.27. The van der Waals surface area contributed by atoms with Gasteiger partial charge in [0.15, 0.2) is 5.82 Å². The molecule has 2 aliphatic rings. The average Bonchev–Trinajstić information content (AvgIpc) is 3.40. The van der Waals surface area contributed by atoms with Crippen molar-refractivity contribution in [2.45, 2.75) is 31.1 Å². The van der Waals surface area contributed by atoms with Gasteiger partial charge < -0.3 is 14.6 Å². The summed E-state index contributed by atoms with van der Waals surface area (Å²) in [6, 6.07) is 5.91. The number of morpholine rings is 1. The SMILES string of the molecule is CN=S1(=O)CCC[C@@H]1c1cc(N2CCOC[C@H]2C)nc(-c2cc(Cl)nc3[nH]ccc23)n1. The molecular formula is C21H25ClN6O2S. The molecule has 164 valence electrons. The van der Waals surface area contributed by atoms with Gasteiger partial charge in [0.2, 0.25) is 0 Å². The third-order valence-electron chi connectivity index (χ3n) is 6.12. The second-order valence-electron chi connectivity index (χ2n) is 8.03. The van der Waals surface area contributed by atoms with Crippen LogP contribution in [0.3, 0.4) is 0 Å². The largest absolute Gasteiger partial charge is 0.377 e. The predicted molar refractivity (Wildman–Crippen MR) is 123 cm³/mol. The van der Waals surface area contributed by atoms with Gasteiger partial charge in [0, 0.05) is 42.6 Å². The quantitative estimate of drug-likeness (QED) is 0.596. The van der Waals surface area contributed by atoms with Gasteiger partial charge in [-0.3, -0.25) is 0 Å². The Hall–Kier alpha value is -2.23. The molecule has 5 rings (SSSR count). The Balaban J connectivity index is 1.72. The second-order valence-corrected chi connectivity index (χ2v) is 11.1. The van der Waals surface area contributed by atoms with Gasteiger partial charge in [-0.25, -0.2) is 23.5 Å². The number of halogens is 1. The lowest BCUT2D eigenvalue weighted by Gasteiger charge is -2.34. The van der Waals surface area contributed by atoms with Crippen LogP contribution in [0.1, 0.15) is 30.7 Å². The summed E-state index contributed by atoms with van der Waals surface area (Å²) in [4.78, 5) is 19.5. The third-order valence-corrected chi connectivity index (χ3v) is 9.17. The van der Waals surface area contributed by atoms with Crippen LogP contribution in [0.15, 0.2) is 28.8 Å². The third kappa shape index (κ3) is 3.68. The summed E-state index contributed by atoms with van der Waals surface area (Å²) in [6.45, 7) is 4.15. The lowest BCUT2D eigenvalue weighted by molar-refractivity contribution is 0.0985. The Morgan fingerprint density at radius 1 is 1.32 bits per heavy atom. The van der Waals surface area contributed by atoms with E-state index in [-0.39, 0.29) is 11.3 Å². The molecule has 3 aromatic rings. The summed E-state index contributed by atoms with van der Waals surface area (Å²) >= 11 is 6.30. The minimum absolute atomic E-state index is 0.182. The van der Waals surface area contributed by atoms with E-state index in [1.165, 1.54) is 0 Å². The first-order chi connectivity index (χ1) is 15.0. The normalized spacial score (nSPS) is 26.5. The fourth-order valence-corrected chi connectivity index (χ4v) is 7.03. The molecule has 2 saturated heterocycles. The number of pyridine rings is 1. The van der Waals surface area contributed by atoms with Crippen molar-refractivity contribution in [2.75, 3.05) is 37.5 Å². The summed E-state index contributed by atoms with van der Waals surface area (Å²) in [5.74, 6) is 1.99. The highest BCUT2D eigenvalue weighted by atomic mass is 35.5. The zero-order chi connectivity index (χ0) is 21.6. The van der Waals surface area contributed by atoms with Crippen molar-refractivity contribution in [3.63, 3.8) is 0 Å². The molecule has 1 unspecified atom stereocenters. The van der Waals surface area contributed by atoms with Crippen LogP contribution in [0.5, 0.6) is 0 Å². The lowest BCUT2D eigenvalue weighted by atomic mass is 10.1. The van der Waals surface area contributed by atoms with Crippen molar-refractivity contribution in [2.24, 2.45) is 4.36 Å². The maximum absolute atomic E-state index is 13.4.